The maximum absolute atomic E-state index is 12.3. The number of benzene rings is 2. The average molecular weight is 380 g/mol. The van der Waals surface area contributed by atoms with Gasteiger partial charge in [0.1, 0.15) is 5.75 Å². The van der Waals surface area contributed by atoms with Gasteiger partial charge in [0.2, 0.25) is 0 Å². The summed E-state index contributed by atoms with van der Waals surface area (Å²) in [6, 6.07) is 15.2. The van der Waals surface area contributed by atoms with Crippen LogP contribution in [-0.2, 0) is 13.0 Å². The molecule has 0 aliphatic heterocycles. The second-order valence-corrected chi connectivity index (χ2v) is 6.63. The van der Waals surface area contributed by atoms with Crippen molar-refractivity contribution in [2.24, 2.45) is 0 Å². The van der Waals surface area contributed by atoms with Crippen molar-refractivity contribution in [2.75, 3.05) is 18.9 Å². The monoisotopic (exact) mass is 380 g/mol. The van der Waals surface area contributed by atoms with Gasteiger partial charge in [0.25, 0.3) is 5.89 Å². The van der Waals surface area contributed by atoms with Crippen LogP contribution in [-0.4, -0.2) is 34.7 Å². The Morgan fingerprint density at radius 2 is 2.00 bits per heavy atom. The Labute approximate surface area is 164 Å². The zero-order valence-corrected chi connectivity index (χ0v) is 16.3. The first-order valence-electron chi connectivity index (χ1n) is 9.10. The Bertz CT molecular complexity index is 939. The smallest absolute Gasteiger partial charge is 0.321 e. The summed E-state index contributed by atoms with van der Waals surface area (Å²) in [6.45, 7) is 4.63. The highest BCUT2D eigenvalue weighted by atomic mass is 16.5. The molecular weight excluding hydrogens is 356 g/mol. The van der Waals surface area contributed by atoms with E-state index in [1.807, 2.05) is 62.4 Å². The van der Waals surface area contributed by atoms with E-state index in [9.17, 15) is 4.79 Å². The molecule has 1 heterocycles. The Hall–Kier alpha value is -3.35. The average Bonchev–Trinajstić information content (AvgIpc) is 3.14. The van der Waals surface area contributed by atoms with Crippen LogP contribution in [0.15, 0.2) is 53.1 Å². The SMILES string of the molecule is Cc1cccc(OCc2nc(CCN(C)C(=O)Nc3ccccc3C)no2)c1. The number of nitrogens with zero attached hydrogens (tertiary/aromatic N) is 3. The minimum atomic E-state index is -0.180. The van der Waals surface area contributed by atoms with E-state index in [1.54, 1.807) is 11.9 Å². The normalized spacial score (nSPS) is 10.5. The van der Waals surface area contributed by atoms with E-state index in [4.69, 9.17) is 9.26 Å². The molecule has 0 fully saturated rings. The van der Waals surface area contributed by atoms with Crippen LogP contribution in [0.5, 0.6) is 5.75 Å². The maximum atomic E-state index is 12.3. The number of rotatable bonds is 7. The molecule has 146 valence electrons. The van der Waals surface area contributed by atoms with Gasteiger partial charge in [-0.25, -0.2) is 4.79 Å². The van der Waals surface area contributed by atoms with Crippen LogP contribution in [0.4, 0.5) is 10.5 Å². The second-order valence-electron chi connectivity index (χ2n) is 6.63. The summed E-state index contributed by atoms with van der Waals surface area (Å²) < 4.78 is 10.9. The van der Waals surface area contributed by atoms with Gasteiger partial charge >= 0.3 is 6.03 Å². The molecule has 7 heteroatoms. The summed E-state index contributed by atoms with van der Waals surface area (Å²) in [6.07, 6.45) is 0.492. The lowest BCUT2D eigenvalue weighted by Crippen LogP contribution is -2.33. The fraction of sp³-hybridized carbons (Fsp3) is 0.286. The van der Waals surface area contributed by atoms with E-state index in [-0.39, 0.29) is 12.6 Å². The largest absolute Gasteiger partial charge is 0.484 e. The summed E-state index contributed by atoms with van der Waals surface area (Å²) in [7, 11) is 1.73. The summed E-state index contributed by atoms with van der Waals surface area (Å²) in [4.78, 5) is 18.2. The van der Waals surface area contributed by atoms with Gasteiger partial charge in [0.05, 0.1) is 0 Å². The van der Waals surface area contributed by atoms with E-state index in [0.29, 0.717) is 24.7 Å². The zero-order valence-electron chi connectivity index (χ0n) is 16.3. The molecule has 0 radical (unpaired) electrons. The molecule has 0 unspecified atom stereocenters. The van der Waals surface area contributed by atoms with Crippen LogP contribution in [0, 0.1) is 13.8 Å². The fourth-order valence-electron chi connectivity index (χ4n) is 2.59. The second kappa shape index (κ2) is 9.03. The molecule has 0 aliphatic rings. The summed E-state index contributed by atoms with van der Waals surface area (Å²) in [5, 5.41) is 6.85. The molecule has 0 aliphatic carbocycles. The molecule has 1 aromatic heterocycles. The third-order valence-electron chi connectivity index (χ3n) is 4.27. The number of nitrogens with one attached hydrogen (secondary N) is 1. The molecule has 0 spiro atoms. The fourth-order valence-corrected chi connectivity index (χ4v) is 2.59. The quantitative estimate of drug-likeness (QED) is 0.671. The number of urea groups is 1. The van der Waals surface area contributed by atoms with Crippen LogP contribution in [0.1, 0.15) is 22.8 Å². The molecule has 2 amide bonds. The van der Waals surface area contributed by atoms with Gasteiger partial charge in [0, 0.05) is 25.7 Å². The molecule has 0 saturated carbocycles. The molecule has 0 atom stereocenters. The number of likely N-dealkylation sites (N-methyl/N-ethyl adjacent to an activating group) is 1. The number of carbonyl (C=O) groups excluding carboxylic acids is 1. The van der Waals surface area contributed by atoms with E-state index in [2.05, 4.69) is 15.5 Å². The van der Waals surface area contributed by atoms with E-state index < -0.39 is 0 Å². The standard InChI is InChI=1S/C21H24N4O3/c1-15-7-6-9-17(13-15)27-14-20-23-19(24-28-20)11-12-25(3)21(26)22-18-10-5-4-8-16(18)2/h4-10,13H,11-12,14H2,1-3H3,(H,22,26). The molecule has 1 N–H and O–H groups in total. The van der Waals surface area contributed by atoms with Crippen molar-refractivity contribution in [3.05, 3.63) is 71.4 Å². The van der Waals surface area contributed by atoms with Crippen molar-refractivity contribution in [1.29, 1.82) is 0 Å². The predicted octanol–water partition coefficient (Wildman–Crippen LogP) is 3.97. The number of hydrogen-bond donors (Lipinski definition) is 1. The molecular formula is C21H24N4O3. The van der Waals surface area contributed by atoms with Crippen molar-refractivity contribution < 1.29 is 14.1 Å². The van der Waals surface area contributed by atoms with Crippen LogP contribution in [0.2, 0.25) is 0 Å². The van der Waals surface area contributed by atoms with Gasteiger partial charge in [-0.15, -0.1) is 0 Å². The number of aromatic nitrogens is 2. The Morgan fingerprint density at radius 1 is 1.18 bits per heavy atom. The van der Waals surface area contributed by atoms with Crippen molar-refractivity contribution in [3.63, 3.8) is 0 Å². The lowest BCUT2D eigenvalue weighted by atomic mass is 10.2. The lowest BCUT2D eigenvalue weighted by molar-refractivity contribution is 0.222. The molecule has 0 bridgehead atoms. The third kappa shape index (κ3) is 5.33. The van der Waals surface area contributed by atoms with Crippen molar-refractivity contribution >= 4 is 11.7 Å². The van der Waals surface area contributed by atoms with Crippen molar-refractivity contribution in [2.45, 2.75) is 26.9 Å². The van der Waals surface area contributed by atoms with Gasteiger partial charge in [-0.2, -0.15) is 4.98 Å². The first-order valence-corrected chi connectivity index (χ1v) is 9.10. The lowest BCUT2D eigenvalue weighted by Gasteiger charge is -2.18. The van der Waals surface area contributed by atoms with Crippen LogP contribution in [0.25, 0.3) is 0 Å². The summed E-state index contributed by atoms with van der Waals surface area (Å²) in [5.74, 6) is 1.70. The van der Waals surface area contributed by atoms with Gasteiger partial charge in [-0.1, -0.05) is 35.5 Å². The Kier molecular flexibility index (Phi) is 6.26. The molecule has 7 nitrogen and oxygen atoms in total. The summed E-state index contributed by atoms with van der Waals surface area (Å²) >= 11 is 0. The Balaban J connectivity index is 1.47. The third-order valence-corrected chi connectivity index (χ3v) is 4.27. The molecule has 0 saturated heterocycles. The number of amides is 2. The van der Waals surface area contributed by atoms with Crippen LogP contribution < -0.4 is 10.1 Å². The molecule has 2 aromatic carbocycles. The molecule has 3 rings (SSSR count). The van der Waals surface area contributed by atoms with E-state index in [0.717, 1.165) is 22.6 Å². The number of hydrogen-bond acceptors (Lipinski definition) is 5. The van der Waals surface area contributed by atoms with E-state index in [1.165, 1.54) is 0 Å². The van der Waals surface area contributed by atoms with Crippen molar-refractivity contribution in [1.82, 2.24) is 15.0 Å². The van der Waals surface area contributed by atoms with Gasteiger partial charge in [-0.05, 0) is 43.2 Å². The number of anilines is 1. The number of ether oxygens (including phenoxy) is 1. The number of aryl methyl sites for hydroxylation is 2. The topological polar surface area (TPSA) is 80.5 Å². The minimum Gasteiger partial charge on any atom is -0.484 e. The van der Waals surface area contributed by atoms with Gasteiger partial charge < -0.3 is 19.5 Å². The van der Waals surface area contributed by atoms with Crippen LogP contribution >= 0.6 is 0 Å². The maximum Gasteiger partial charge on any atom is 0.321 e. The van der Waals surface area contributed by atoms with Gasteiger partial charge in [0.15, 0.2) is 12.4 Å². The minimum absolute atomic E-state index is 0.180. The molecule has 28 heavy (non-hydrogen) atoms. The highest BCUT2D eigenvalue weighted by Crippen LogP contribution is 2.15. The van der Waals surface area contributed by atoms with E-state index >= 15 is 0 Å². The molecule has 3 aromatic rings. The highest BCUT2D eigenvalue weighted by Gasteiger charge is 2.13. The highest BCUT2D eigenvalue weighted by molar-refractivity contribution is 5.89. The van der Waals surface area contributed by atoms with Crippen molar-refractivity contribution in [3.8, 4) is 5.75 Å². The predicted molar refractivity (Wildman–Crippen MR) is 106 cm³/mol. The Morgan fingerprint density at radius 3 is 2.79 bits per heavy atom. The first-order chi connectivity index (χ1) is 13.5. The number of carbonyl (C=O) groups is 1. The number of para-hydroxylation sites is 1. The summed E-state index contributed by atoms with van der Waals surface area (Å²) in [5.41, 5.74) is 2.94. The van der Waals surface area contributed by atoms with Gasteiger partial charge in [-0.3, -0.25) is 0 Å². The first kappa shape index (κ1) is 19.4. The zero-order chi connectivity index (χ0) is 19.9. The van der Waals surface area contributed by atoms with Crippen LogP contribution in [0.3, 0.4) is 0 Å².